The van der Waals surface area contributed by atoms with Crippen molar-refractivity contribution in [1.82, 2.24) is 20.1 Å². The van der Waals surface area contributed by atoms with E-state index in [9.17, 15) is 13.6 Å². The van der Waals surface area contributed by atoms with Gasteiger partial charge in [0.15, 0.2) is 0 Å². The van der Waals surface area contributed by atoms with Gasteiger partial charge in [-0.25, -0.2) is 4.98 Å². The van der Waals surface area contributed by atoms with Crippen LogP contribution in [0.4, 0.5) is 8.78 Å². The zero-order chi connectivity index (χ0) is 15.9. The van der Waals surface area contributed by atoms with Crippen LogP contribution in [0.5, 0.6) is 5.75 Å². The number of halogens is 2. The molecule has 2 aromatic rings. The number of carbonyl (C=O) groups is 1. The van der Waals surface area contributed by atoms with Crippen LogP contribution in [-0.4, -0.2) is 27.3 Å². The molecule has 0 saturated carbocycles. The van der Waals surface area contributed by atoms with E-state index in [1.807, 2.05) is 0 Å². The molecule has 8 heteroatoms. The topological polar surface area (TPSA) is 69.0 Å². The highest BCUT2D eigenvalue weighted by Crippen LogP contribution is 2.20. The lowest BCUT2D eigenvalue weighted by Crippen LogP contribution is -2.27. The molecule has 6 nitrogen and oxygen atoms in total. The zero-order valence-electron chi connectivity index (χ0n) is 11.9. The highest BCUT2D eigenvalue weighted by atomic mass is 19.3. The lowest BCUT2D eigenvalue weighted by atomic mass is 10.1. The molecule has 1 aromatic heterocycles. The first kappa shape index (κ1) is 15.9. The normalized spacial score (nSPS) is 12.2. The van der Waals surface area contributed by atoms with Crippen LogP contribution in [0, 0.1) is 0 Å². The van der Waals surface area contributed by atoms with Gasteiger partial charge in [0.2, 0.25) is 5.91 Å². The average molecular weight is 310 g/mol. The first-order valence-electron chi connectivity index (χ1n) is 6.71. The summed E-state index contributed by atoms with van der Waals surface area (Å²) in [6.45, 7) is -0.676. The van der Waals surface area contributed by atoms with E-state index in [1.165, 1.54) is 24.8 Å². The van der Waals surface area contributed by atoms with Gasteiger partial charge in [-0.15, -0.1) is 0 Å². The molecule has 0 radical (unpaired) electrons. The maximum Gasteiger partial charge on any atom is 0.387 e. The Balaban J connectivity index is 1.88. The van der Waals surface area contributed by atoms with Crippen molar-refractivity contribution in [3.05, 3.63) is 42.5 Å². The number of aryl methyl sites for hydroxylation is 1. The number of carbonyl (C=O) groups excluding carboxylic acids is 1. The maximum absolute atomic E-state index is 12.2. The molecule has 1 heterocycles. The number of nitrogens with one attached hydrogen (secondary N) is 1. The molecule has 22 heavy (non-hydrogen) atoms. The highest BCUT2D eigenvalue weighted by molar-refractivity contribution is 5.76. The van der Waals surface area contributed by atoms with E-state index < -0.39 is 6.61 Å². The predicted octanol–water partition coefficient (Wildman–Crippen LogP) is 2.15. The van der Waals surface area contributed by atoms with E-state index in [1.54, 1.807) is 23.7 Å². The van der Waals surface area contributed by atoms with Gasteiger partial charge in [-0.1, -0.05) is 12.1 Å². The van der Waals surface area contributed by atoms with Crippen LogP contribution in [0.3, 0.4) is 0 Å². The van der Waals surface area contributed by atoms with E-state index >= 15 is 0 Å². The zero-order valence-corrected chi connectivity index (χ0v) is 11.9. The Morgan fingerprint density at radius 1 is 1.45 bits per heavy atom. The number of alkyl halides is 2. The molecule has 1 amide bonds. The third-order valence-corrected chi connectivity index (χ3v) is 3.00. The third kappa shape index (κ3) is 4.80. The Kier molecular flexibility index (Phi) is 5.40. The van der Waals surface area contributed by atoms with Crippen LogP contribution in [0.15, 0.2) is 36.9 Å². The summed E-state index contributed by atoms with van der Waals surface area (Å²) in [4.78, 5) is 15.6. The van der Waals surface area contributed by atoms with Crippen molar-refractivity contribution in [1.29, 1.82) is 0 Å². The minimum Gasteiger partial charge on any atom is -0.435 e. The summed E-state index contributed by atoms with van der Waals surface area (Å²) in [5.41, 5.74) is 0.687. The Morgan fingerprint density at radius 3 is 2.95 bits per heavy atom. The number of nitrogens with zero attached hydrogens (tertiary/aromatic N) is 3. The first-order valence-corrected chi connectivity index (χ1v) is 6.71. The Hall–Kier alpha value is -2.51. The van der Waals surface area contributed by atoms with Crippen LogP contribution in [-0.2, 0) is 11.3 Å². The fraction of sp³-hybridized carbons (Fsp3) is 0.357. The number of benzene rings is 1. The van der Waals surface area contributed by atoms with Crippen molar-refractivity contribution in [3.8, 4) is 5.75 Å². The van der Waals surface area contributed by atoms with Crippen molar-refractivity contribution >= 4 is 5.91 Å². The standard InChI is InChI=1S/C14H16F2N4O2/c1-10(11-3-2-4-12(7-11)22-14(15)16)19-13(21)5-6-20-9-17-8-18-20/h2-4,7-10,14H,5-6H2,1H3,(H,19,21). The fourth-order valence-electron chi connectivity index (χ4n) is 1.92. The molecule has 1 unspecified atom stereocenters. The summed E-state index contributed by atoms with van der Waals surface area (Å²) < 4.78 is 30.3. The van der Waals surface area contributed by atoms with E-state index in [4.69, 9.17) is 0 Å². The molecule has 2 rings (SSSR count). The molecule has 1 atom stereocenters. The van der Waals surface area contributed by atoms with Gasteiger partial charge < -0.3 is 10.1 Å². The molecule has 0 aliphatic rings. The van der Waals surface area contributed by atoms with Gasteiger partial charge >= 0.3 is 6.61 Å². The lowest BCUT2D eigenvalue weighted by molar-refractivity contribution is -0.122. The SMILES string of the molecule is CC(NC(=O)CCn1cncn1)c1cccc(OC(F)F)c1. The molecule has 118 valence electrons. The van der Waals surface area contributed by atoms with E-state index in [0.29, 0.717) is 12.1 Å². The molecule has 0 saturated heterocycles. The molecular weight excluding hydrogens is 294 g/mol. The first-order chi connectivity index (χ1) is 10.5. The summed E-state index contributed by atoms with van der Waals surface area (Å²) in [5, 5.41) is 6.70. The second-order valence-electron chi connectivity index (χ2n) is 4.65. The van der Waals surface area contributed by atoms with Gasteiger partial charge in [0, 0.05) is 6.42 Å². The predicted molar refractivity (Wildman–Crippen MR) is 74.3 cm³/mol. The van der Waals surface area contributed by atoms with Crippen molar-refractivity contribution in [2.75, 3.05) is 0 Å². The average Bonchev–Trinajstić information content (AvgIpc) is 2.98. The van der Waals surface area contributed by atoms with Gasteiger partial charge in [0.1, 0.15) is 18.4 Å². The van der Waals surface area contributed by atoms with Crippen LogP contribution < -0.4 is 10.1 Å². The highest BCUT2D eigenvalue weighted by Gasteiger charge is 2.12. The largest absolute Gasteiger partial charge is 0.435 e. The number of hydrogen-bond acceptors (Lipinski definition) is 4. The van der Waals surface area contributed by atoms with Gasteiger partial charge in [-0.05, 0) is 24.6 Å². The summed E-state index contributed by atoms with van der Waals surface area (Å²) in [6.07, 6.45) is 3.18. The maximum atomic E-state index is 12.2. The Morgan fingerprint density at radius 2 is 2.27 bits per heavy atom. The number of aromatic nitrogens is 3. The molecule has 0 aliphatic carbocycles. The van der Waals surface area contributed by atoms with Crippen LogP contribution in [0.25, 0.3) is 0 Å². The second kappa shape index (κ2) is 7.48. The van der Waals surface area contributed by atoms with Crippen LogP contribution in [0.1, 0.15) is 24.9 Å². The van der Waals surface area contributed by atoms with Crippen molar-refractivity contribution < 1.29 is 18.3 Å². The summed E-state index contributed by atoms with van der Waals surface area (Å²) >= 11 is 0. The number of ether oxygens (including phenoxy) is 1. The minimum atomic E-state index is -2.87. The van der Waals surface area contributed by atoms with E-state index in [-0.39, 0.29) is 24.1 Å². The molecule has 0 aliphatic heterocycles. The van der Waals surface area contributed by atoms with Crippen molar-refractivity contribution in [3.63, 3.8) is 0 Å². The second-order valence-corrected chi connectivity index (χ2v) is 4.65. The summed E-state index contributed by atoms with van der Waals surface area (Å²) in [6, 6.07) is 5.94. The molecule has 0 bridgehead atoms. The lowest BCUT2D eigenvalue weighted by Gasteiger charge is -2.15. The van der Waals surface area contributed by atoms with Crippen molar-refractivity contribution in [2.45, 2.75) is 32.5 Å². The van der Waals surface area contributed by atoms with Gasteiger partial charge in [-0.3, -0.25) is 9.48 Å². The monoisotopic (exact) mass is 310 g/mol. The van der Waals surface area contributed by atoms with Crippen LogP contribution >= 0.6 is 0 Å². The minimum absolute atomic E-state index is 0.0659. The molecule has 0 fully saturated rings. The van der Waals surface area contributed by atoms with Crippen molar-refractivity contribution in [2.24, 2.45) is 0 Å². The molecular formula is C14H16F2N4O2. The Labute approximate surface area is 126 Å². The molecule has 0 spiro atoms. The van der Waals surface area contributed by atoms with Gasteiger partial charge in [0.25, 0.3) is 0 Å². The van der Waals surface area contributed by atoms with Crippen LogP contribution in [0.2, 0.25) is 0 Å². The quantitative estimate of drug-likeness (QED) is 0.851. The number of amides is 1. The Bertz CT molecular complexity index is 605. The van der Waals surface area contributed by atoms with Gasteiger partial charge in [-0.2, -0.15) is 13.9 Å². The van der Waals surface area contributed by atoms with E-state index in [2.05, 4.69) is 20.1 Å². The number of rotatable bonds is 7. The van der Waals surface area contributed by atoms with E-state index in [0.717, 1.165) is 0 Å². The number of hydrogen-bond donors (Lipinski definition) is 1. The summed E-state index contributed by atoms with van der Waals surface area (Å²) in [7, 11) is 0. The third-order valence-electron chi connectivity index (χ3n) is 3.00. The van der Waals surface area contributed by atoms with Gasteiger partial charge in [0.05, 0.1) is 12.6 Å². The summed E-state index contributed by atoms with van der Waals surface area (Å²) in [5.74, 6) is -0.0978. The molecule has 1 aromatic carbocycles. The smallest absolute Gasteiger partial charge is 0.387 e. The molecule has 1 N–H and O–H groups in total. The fourth-order valence-corrected chi connectivity index (χ4v) is 1.92.